The number of rotatable bonds is 2. The minimum absolute atomic E-state index is 0.0600. The molecule has 1 heterocycles. The van der Waals surface area contributed by atoms with E-state index in [9.17, 15) is 23.1 Å². The number of carboxylic acid groups (broad SMARTS) is 1. The van der Waals surface area contributed by atoms with E-state index in [4.69, 9.17) is 11.6 Å². The SMILES string of the molecule is O=C(O)c1cc(-c2ccccc2C(F)(F)F)nc2ccc(Cl)cc12. The lowest BCUT2D eigenvalue weighted by molar-refractivity contribution is -0.137. The molecule has 1 N–H and O–H groups in total. The van der Waals surface area contributed by atoms with Gasteiger partial charge in [-0.2, -0.15) is 13.2 Å². The summed E-state index contributed by atoms with van der Waals surface area (Å²) in [5.41, 5.74) is -1.01. The second kappa shape index (κ2) is 5.79. The molecule has 2 aromatic carbocycles. The number of halogens is 4. The van der Waals surface area contributed by atoms with Gasteiger partial charge in [0.05, 0.1) is 22.3 Å². The molecule has 0 aliphatic heterocycles. The summed E-state index contributed by atoms with van der Waals surface area (Å²) in [6, 6.07) is 10.4. The van der Waals surface area contributed by atoms with Crippen molar-refractivity contribution in [3.05, 3.63) is 64.7 Å². The van der Waals surface area contributed by atoms with Crippen molar-refractivity contribution in [2.45, 2.75) is 6.18 Å². The Bertz CT molecular complexity index is 954. The van der Waals surface area contributed by atoms with Crippen LogP contribution in [0.4, 0.5) is 13.2 Å². The third kappa shape index (κ3) is 2.92. The average molecular weight is 352 g/mol. The third-order valence-electron chi connectivity index (χ3n) is 3.51. The quantitative estimate of drug-likeness (QED) is 0.684. The van der Waals surface area contributed by atoms with Crippen molar-refractivity contribution in [3.63, 3.8) is 0 Å². The van der Waals surface area contributed by atoms with Gasteiger partial charge in [-0.05, 0) is 30.3 Å². The molecule has 0 spiro atoms. The standard InChI is InChI=1S/C17H9ClF3NO2/c18-9-5-6-14-11(7-9)12(16(23)24)8-15(22-14)10-3-1-2-4-13(10)17(19,20)21/h1-8H,(H,23,24). The molecule has 0 aliphatic carbocycles. The number of pyridine rings is 1. The molecule has 1 aromatic heterocycles. The van der Waals surface area contributed by atoms with E-state index in [0.717, 1.165) is 12.1 Å². The van der Waals surface area contributed by atoms with Gasteiger partial charge >= 0.3 is 12.1 Å². The van der Waals surface area contributed by atoms with Crippen LogP contribution in [0.5, 0.6) is 0 Å². The third-order valence-corrected chi connectivity index (χ3v) is 3.74. The lowest BCUT2D eigenvalue weighted by Crippen LogP contribution is -2.08. The number of nitrogens with zero attached hydrogens (tertiary/aromatic N) is 1. The van der Waals surface area contributed by atoms with E-state index in [1.165, 1.54) is 36.4 Å². The zero-order valence-corrected chi connectivity index (χ0v) is 12.7. The van der Waals surface area contributed by atoms with Gasteiger partial charge in [-0.1, -0.05) is 29.8 Å². The Morgan fingerprint density at radius 3 is 2.46 bits per heavy atom. The van der Waals surface area contributed by atoms with Crippen molar-refractivity contribution >= 4 is 28.5 Å². The molecule has 0 aliphatic rings. The van der Waals surface area contributed by atoms with Gasteiger partial charge in [-0.15, -0.1) is 0 Å². The van der Waals surface area contributed by atoms with Crippen LogP contribution in [-0.4, -0.2) is 16.1 Å². The van der Waals surface area contributed by atoms with Crippen LogP contribution in [0.2, 0.25) is 5.02 Å². The maximum atomic E-state index is 13.2. The normalized spacial score (nSPS) is 11.7. The molecule has 24 heavy (non-hydrogen) atoms. The van der Waals surface area contributed by atoms with Crippen LogP contribution in [-0.2, 0) is 6.18 Å². The van der Waals surface area contributed by atoms with Crippen LogP contribution in [0, 0.1) is 0 Å². The largest absolute Gasteiger partial charge is 0.478 e. The minimum Gasteiger partial charge on any atom is -0.478 e. The summed E-state index contributed by atoms with van der Waals surface area (Å²) in [7, 11) is 0. The summed E-state index contributed by atoms with van der Waals surface area (Å²) in [4.78, 5) is 15.7. The van der Waals surface area contributed by atoms with E-state index >= 15 is 0 Å². The Hall–Kier alpha value is -2.60. The first-order chi connectivity index (χ1) is 11.3. The molecule has 3 rings (SSSR count). The van der Waals surface area contributed by atoms with Gasteiger partial charge in [0.25, 0.3) is 0 Å². The molecular formula is C17H9ClF3NO2. The first-order valence-electron chi connectivity index (χ1n) is 6.77. The summed E-state index contributed by atoms with van der Waals surface area (Å²) in [6.07, 6.45) is -4.57. The fourth-order valence-corrected chi connectivity index (χ4v) is 2.64. The molecule has 0 atom stereocenters. The first kappa shape index (κ1) is 16.3. The van der Waals surface area contributed by atoms with Crippen LogP contribution in [0.15, 0.2) is 48.5 Å². The minimum atomic E-state index is -4.57. The molecule has 0 radical (unpaired) electrons. The Labute approximate surface area is 139 Å². The molecule has 7 heteroatoms. The summed E-state index contributed by atoms with van der Waals surface area (Å²) in [6.45, 7) is 0. The molecule has 3 aromatic rings. The molecule has 0 saturated carbocycles. The van der Waals surface area contributed by atoms with Crippen LogP contribution in [0.25, 0.3) is 22.2 Å². The number of hydrogen-bond donors (Lipinski definition) is 1. The number of carbonyl (C=O) groups is 1. The van der Waals surface area contributed by atoms with Crippen molar-refractivity contribution in [3.8, 4) is 11.3 Å². The van der Waals surface area contributed by atoms with Gasteiger partial charge in [0.2, 0.25) is 0 Å². The van der Waals surface area contributed by atoms with Crippen molar-refractivity contribution in [2.75, 3.05) is 0 Å². The summed E-state index contributed by atoms with van der Waals surface area (Å²) < 4.78 is 39.6. The molecular weight excluding hydrogens is 343 g/mol. The second-order valence-electron chi connectivity index (χ2n) is 5.07. The monoisotopic (exact) mass is 351 g/mol. The highest BCUT2D eigenvalue weighted by Crippen LogP contribution is 2.37. The van der Waals surface area contributed by atoms with Gasteiger partial charge in [-0.25, -0.2) is 9.78 Å². The van der Waals surface area contributed by atoms with Gasteiger partial charge in [0, 0.05) is 16.0 Å². The Morgan fingerprint density at radius 2 is 1.79 bits per heavy atom. The molecule has 0 unspecified atom stereocenters. The molecule has 0 bridgehead atoms. The average Bonchev–Trinajstić information content (AvgIpc) is 2.53. The van der Waals surface area contributed by atoms with E-state index < -0.39 is 17.7 Å². The lowest BCUT2D eigenvalue weighted by atomic mass is 10.00. The molecule has 0 saturated heterocycles. The highest BCUT2D eigenvalue weighted by atomic mass is 35.5. The van der Waals surface area contributed by atoms with E-state index in [1.54, 1.807) is 0 Å². The van der Waals surface area contributed by atoms with Crippen LogP contribution in [0.1, 0.15) is 15.9 Å². The first-order valence-corrected chi connectivity index (χ1v) is 7.15. The highest BCUT2D eigenvalue weighted by Gasteiger charge is 2.33. The van der Waals surface area contributed by atoms with Crippen molar-refractivity contribution in [2.24, 2.45) is 0 Å². The summed E-state index contributed by atoms with van der Waals surface area (Å²) in [5, 5.41) is 9.96. The number of hydrogen-bond acceptors (Lipinski definition) is 2. The Kier molecular flexibility index (Phi) is 3.93. The number of aromatic carboxylic acids is 1. The second-order valence-corrected chi connectivity index (χ2v) is 5.50. The number of aromatic nitrogens is 1. The molecule has 0 fully saturated rings. The van der Waals surface area contributed by atoms with Gasteiger partial charge in [0.1, 0.15) is 0 Å². The number of alkyl halides is 3. The Balaban J connectivity index is 2.33. The smallest absolute Gasteiger partial charge is 0.417 e. The van der Waals surface area contributed by atoms with E-state index in [2.05, 4.69) is 4.98 Å². The maximum Gasteiger partial charge on any atom is 0.417 e. The van der Waals surface area contributed by atoms with Crippen LogP contribution in [0.3, 0.4) is 0 Å². The zero-order valence-electron chi connectivity index (χ0n) is 11.9. The van der Waals surface area contributed by atoms with E-state index in [0.29, 0.717) is 5.02 Å². The van der Waals surface area contributed by atoms with Gasteiger partial charge in [-0.3, -0.25) is 0 Å². The van der Waals surface area contributed by atoms with Crippen molar-refractivity contribution < 1.29 is 23.1 Å². The predicted molar refractivity (Wildman–Crippen MR) is 84.2 cm³/mol. The molecule has 122 valence electrons. The molecule has 0 amide bonds. The summed E-state index contributed by atoms with van der Waals surface area (Å²) in [5.74, 6) is -1.27. The molecule has 3 nitrogen and oxygen atoms in total. The lowest BCUT2D eigenvalue weighted by Gasteiger charge is -2.13. The van der Waals surface area contributed by atoms with Gasteiger partial charge < -0.3 is 5.11 Å². The zero-order chi connectivity index (χ0) is 17.5. The number of benzene rings is 2. The number of carboxylic acids is 1. The van der Waals surface area contributed by atoms with E-state index in [-0.39, 0.29) is 27.7 Å². The topological polar surface area (TPSA) is 50.2 Å². The fourth-order valence-electron chi connectivity index (χ4n) is 2.47. The van der Waals surface area contributed by atoms with Crippen molar-refractivity contribution in [1.82, 2.24) is 4.98 Å². The van der Waals surface area contributed by atoms with Gasteiger partial charge in [0.15, 0.2) is 0 Å². The predicted octanol–water partition coefficient (Wildman–Crippen LogP) is 5.27. The summed E-state index contributed by atoms with van der Waals surface area (Å²) >= 11 is 5.87. The maximum absolute atomic E-state index is 13.2. The highest BCUT2D eigenvalue weighted by molar-refractivity contribution is 6.31. The van der Waals surface area contributed by atoms with Crippen LogP contribution >= 0.6 is 11.6 Å². The number of fused-ring (bicyclic) bond motifs is 1. The Morgan fingerprint density at radius 1 is 1.08 bits per heavy atom. The van der Waals surface area contributed by atoms with E-state index in [1.807, 2.05) is 0 Å². The fraction of sp³-hybridized carbons (Fsp3) is 0.0588. The van der Waals surface area contributed by atoms with Crippen LogP contribution < -0.4 is 0 Å². The van der Waals surface area contributed by atoms with Crippen molar-refractivity contribution in [1.29, 1.82) is 0 Å².